The maximum absolute atomic E-state index is 13.2. The molecule has 2 unspecified atom stereocenters. The zero-order chi connectivity index (χ0) is 24.9. The summed E-state index contributed by atoms with van der Waals surface area (Å²) in [7, 11) is -3.42. The van der Waals surface area contributed by atoms with Crippen LogP contribution in [0.15, 0.2) is 52.3 Å². The van der Waals surface area contributed by atoms with Crippen molar-refractivity contribution in [2.24, 2.45) is 5.92 Å². The lowest BCUT2D eigenvalue weighted by Gasteiger charge is -2.21. The molecule has 1 N–H and O–H groups in total. The SMILES string of the molecule is CCCC(CCC(CC)CS(=O)(=O)c1cccc(C)c1)n1c(=O)n(CC(=O)O)c2cccnc21. The van der Waals surface area contributed by atoms with Gasteiger partial charge in [0, 0.05) is 12.2 Å². The van der Waals surface area contributed by atoms with Crippen molar-refractivity contribution in [2.75, 3.05) is 5.75 Å². The number of sulfone groups is 1. The highest BCUT2D eigenvalue weighted by Gasteiger charge is 2.25. The zero-order valence-corrected chi connectivity index (χ0v) is 20.8. The van der Waals surface area contributed by atoms with Crippen molar-refractivity contribution in [1.82, 2.24) is 14.1 Å². The minimum absolute atomic E-state index is 0.0547. The van der Waals surface area contributed by atoms with Crippen LogP contribution in [0.2, 0.25) is 0 Å². The molecule has 9 heteroatoms. The summed E-state index contributed by atoms with van der Waals surface area (Å²) >= 11 is 0. The number of benzene rings is 1. The summed E-state index contributed by atoms with van der Waals surface area (Å²) in [6, 6.07) is 10.2. The molecular formula is C25H33N3O5S. The summed E-state index contributed by atoms with van der Waals surface area (Å²) in [4.78, 5) is 29.3. The molecule has 3 aromatic rings. The normalized spacial score (nSPS) is 13.7. The van der Waals surface area contributed by atoms with E-state index in [9.17, 15) is 23.1 Å². The van der Waals surface area contributed by atoms with Gasteiger partial charge in [-0.3, -0.25) is 13.9 Å². The highest BCUT2D eigenvalue weighted by atomic mass is 32.2. The number of carbonyl (C=O) groups is 1. The molecule has 0 spiro atoms. The maximum atomic E-state index is 13.2. The molecule has 0 bridgehead atoms. The Labute approximate surface area is 200 Å². The second-order valence-electron chi connectivity index (χ2n) is 8.87. The van der Waals surface area contributed by atoms with Gasteiger partial charge in [-0.05, 0) is 61.9 Å². The topological polar surface area (TPSA) is 111 Å². The van der Waals surface area contributed by atoms with Gasteiger partial charge < -0.3 is 5.11 Å². The summed E-state index contributed by atoms with van der Waals surface area (Å²) in [5, 5.41) is 9.28. The molecule has 34 heavy (non-hydrogen) atoms. The number of hydrogen-bond acceptors (Lipinski definition) is 5. The van der Waals surface area contributed by atoms with Gasteiger partial charge in [-0.15, -0.1) is 0 Å². The van der Waals surface area contributed by atoms with Crippen LogP contribution in [0.25, 0.3) is 11.2 Å². The molecule has 2 atom stereocenters. The minimum atomic E-state index is -3.42. The van der Waals surface area contributed by atoms with E-state index in [0.717, 1.165) is 12.0 Å². The molecular weight excluding hydrogens is 454 g/mol. The number of nitrogens with zero attached hydrogens (tertiary/aromatic N) is 3. The lowest BCUT2D eigenvalue weighted by molar-refractivity contribution is -0.137. The Morgan fingerprint density at radius 1 is 1.12 bits per heavy atom. The zero-order valence-electron chi connectivity index (χ0n) is 20.0. The van der Waals surface area contributed by atoms with E-state index in [0.29, 0.717) is 41.7 Å². The number of carboxylic acid groups (broad SMARTS) is 1. The number of aromatic nitrogens is 3. The van der Waals surface area contributed by atoms with Crippen LogP contribution in [0.4, 0.5) is 0 Å². The van der Waals surface area contributed by atoms with Gasteiger partial charge in [0.15, 0.2) is 15.5 Å². The highest BCUT2D eigenvalue weighted by Crippen LogP contribution is 2.28. The number of fused-ring (bicyclic) bond motifs is 1. The van der Waals surface area contributed by atoms with Crippen LogP contribution in [0.5, 0.6) is 0 Å². The molecule has 2 heterocycles. The minimum Gasteiger partial charge on any atom is -0.480 e. The van der Waals surface area contributed by atoms with Crippen LogP contribution in [-0.2, 0) is 21.2 Å². The summed E-state index contributed by atoms with van der Waals surface area (Å²) in [6.07, 6.45) is 5.08. The molecule has 1 aromatic carbocycles. The van der Waals surface area contributed by atoms with Gasteiger partial charge in [-0.2, -0.15) is 0 Å². The first kappa shape index (κ1) is 25.7. The Hall–Kier alpha value is -2.94. The Bertz CT molecular complexity index is 1310. The quantitative estimate of drug-likeness (QED) is 0.410. The van der Waals surface area contributed by atoms with E-state index in [-0.39, 0.29) is 17.7 Å². The number of carboxylic acids is 1. The molecule has 0 fully saturated rings. The standard InChI is InChI=1S/C25H33N3O5S/c1-4-8-20(28-24-22(11-7-14-26-24)27(25(28)31)16-23(29)30)13-12-19(5-2)17-34(32,33)21-10-6-9-18(3)15-21/h6-7,9-11,14-15,19-20H,4-5,8,12-13,16-17H2,1-3H3,(H,29,30). The second kappa shape index (κ2) is 11.0. The van der Waals surface area contributed by atoms with E-state index in [2.05, 4.69) is 4.98 Å². The number of aliphatic carboxylic acids is 1. The fourth-order valence-corrected chi connectivity index (χ4v) is 6.38. The third-order valence-corrected chi connectivity index (χ3v) is 8.17. The molecule has 8 nitrogen and oxygen atoms in total. The molecule has 0 aliphatic rings. The van der Waals surface area contributed by atoms with E-state index in [1.54, 1.807) is 41.1 Å². The van der Waals surface area contributed by atoms with Gasteiger partial charge in [0.25, 0.3) is 0 Å². The summed E-state index contributed by atoms with van der Waals surface area (Å²) in [5.41, 5.74) is 1.47. The molecule has 0 radical (unpaired) electrons. The van der Waals surface area contributed by atoms with Crippen molar-refractivity contribution in [2.45, 2.75) is 70.4 Å². The average Bonchev–Trinajstić information content (AvgIpc) is 3.06. The van der Waals surface area contributed by atoms with Gasteiger partial charge in [0.05, 0.1) is 16.2 Å². The lowest BCUT2D eigenvalue weighted by Crippen LogP contribution is -2.30. The van der Waals surface area contributed by atoms with Gasteiger partial charge in [0.2, 0.25) is 0 Å². The average molecular weight is 488 g/mol. The smallest absolute Gasteiger partial charge is 0.331 e. The highest BCUT2D eigenvalue weighted by molar-refractivity contribution is 7.91. The van der Waals surface area contributed by atoms with Crippen molar-refractivity contribution in [3.63, 3.8) is 0 Å². The predicted octanol–water partition coefficient (Wildman–Crippen LogP) is 4.21. The first-order valence-electron chi connectivity index (χ1n) is 11.7. The number of rotatable bonds is 12. The second-order valence-corrected chi connectivity index (χ2v) is 10.9. The van der Waals surface area contributed by atoms with Gasteiger partial charge in [-0.25, -0.2) is 18.2 Å². The fourth-order valence-electron chi connectivity index (χ4n) is 4.51. The molecule has 3 rings (SSSR count). The fraction of sp³-hybridized carbons (Fsp3) is 0.480. The van der Waals surface area contributed by atoms with Gasteiger partial charge in [-0.1, -0.05) is 38.8 Å². The van der Waals surface area contributed by atoms with Crippen molar-refractivity contribution in [3.8, 4) is 0 Å². The summed E-state index contributed by atoms with van der Waals surface area (Å²) < 4.78 is 28.9. The summed E-state index contributed by atoms with van der Waals surface area (Å²) in [6.45, 7) is 5.45. The Morgan fingerprint density at radius 3 is 2.53 bits per heavy atom. The van der Waals surface area contributed by atoms with Crippen molar-refractivity contribution < 1.29 is 18.3 Å². The van der Waals surface area contributed by atoms with Crippen LogP contribution in [0.1, 0.15) is 57.6 Å². The van der Waals surface area contributed by atoms with Crippen LogP contribution >= 0.6 is 0 Å². The molecule has 0 aliphatic carbocycles. The van der Waals surface area contributed by atoms with Crippen molar-refractivity contribution in [1.29, 1.82) is 0 Å². The van der Waals surface area contributed by atoms with E-state index in [1.807, 2.05) is 26.8 Å². The molecule has 184 valence electrons. The lowest BCUT2D eigenvalue weighted by atomic mass is 9.97. The maximum Gasteiger partial charge on any atom is 0.331 e. The monoisotopic (exact) mass is 487 g/mol. The van der Waals surface area contributed by atoms with E-state index in [4.69, 9.17) is 0 Å². The third-order valence-electron chi connectivity index (χ3n) is 6.29. The molecule has 0 amide bonds. The van der Waals surface area contributed by atoms with Gasteiger partial charge >= 0.3 is 11.7 Å². The third kappa shape index (κ3) is 5.75. The first-order valence-corrected chi connectivity index (χ1v) is 13.4. The van der Waals surface area contributed by atoms with E-state index in [1.165, 1.54) is 4.57 Å². The van der Waals surface area contributed by atoms with Crippen LogP contribution in [0, 0.1) is 12.8 Å². The Kier molecular flexibility index (Phi) is 8.30. The van der Waals surface area contributed by atoms with Crippen LogP contribution in [-0.4, -0.2) is 39.4 Å². The molecule has 2 aromatic heterocycles. The van der Waals surface area contributed by atoms with Gasteiger partial charge in [0.1, 0.15) is 6.54 Å². The number of pyridine rings is 1. The molecule has 0 saturated heterocycles. The largest absolute Gasteiger partial charge is 0.480 e. The van der Waals surface area contributed by atoms with Crippen molar-refractivity contribution in [3.05, 3.63) is 58.6 Å². The Balaban J connectivity index is 1.87. The van der Waals surface area contributed by atoms with Crippen LogP contribution in [0.3, 0.4) is 0 Å². The van der Waals surface area contributed by atoms with E-state index < -0.39 is 28.0 Å². The summed E-state index contributed by atoms with van der Waals surface area (Å²) in [5.74, 6) is -1.09. The number of hydrogen-bond donors (Lipinski definition) is 1. The molecule has 0 saturated carbocycles. The van der Waals surface area contributed by atoms with Crippen LogP contribution < -0.4 is 5.69 Å². The predicted molar refractivity (Wildman–Crippen MR) is 132 cm³/mol. The number of aryl methyl sites for hydroxylation is 1. The Morgan fingerprint density at radius 2 is 1.88 bits per heavy atom. The van der Waals surface area contributed by atoms with Crippen molar-refractivity contribution >= 4 is 27.0 Å². The van der Waals surface area contributed by atoms with E-state index >= 15 is 0 Å². The first-order chi connectivity index (χ1) is 16.2. The number of imidazole rings is 1. The molecule has 0 aliphatic heterocycles.